The molecule has 0 radical (unpaired) electrons. The summed E-state index contributed by atoms with van der Waals surface area (Å²) < 4.78 is 66.7. The number of amides is 1. The predicted molar refractivity (Wildman–Crippen MR) is 69.6 cm³/mol. The summed E-state index contributed by atoms with van der Waals surface area (Å²) in [6.45, 7) is -0.411. The zero-order valence-corrected chi connectivity index (χ0v) is 11.8. The number of thiazole rings is 1. The molecule has 0 aliphatic heterocycles. The van der Waals surface area contributed by atoms with Crippen LogP contribution in [0.2, 0.25) is 0 Å². The van der Waals surface area contributed by atoms with E-state index < -0.39 is 36.4 Å². The molecule has 1 N–H and O–H groups in total. The van der Waals surface area contributed by atoms with E-state index in [9.17, 15) is 26.7 Å². The van der Waals surface area contributed by atoms with E-state index in [-0.39, 0.29) is 15.3 Å². The van der Waals surface area contributed by atoms with Crippen molar-refractivity contribution in [2.45, 2.75) is 19.2 Å². The molecule has 1 aromatic carbocycles. The smallest absolute Gasteiger partial charge is 0.359 e. The summed E-state index contributed by atoms with van der Waals surface area (Å²) >= 11 is 0.862. The van der Waals surface area contributed by atoms with E-state index in [2.05, 4.69) is 15.0 Å². The van der Waals surface area contributed by atoms with E-state index in [4.69, 9.17) is 0 Å². The topological polar surface area (TPSA) is 51.2 Å². The number of hydrogen-bond acceptors (Lipinski definition) is 4. The lowest BCUT2D eigenvalue weighted by Crippen LogP contribution is -2.31. The van der Waals surface area contributed by atoms with Crippen LogP contribution in [0.1, 0.15) is 6.92 Å². The van der Waals surface area contributed by atoms with Gasteiger partial charge in [0.25, 0.3) is 5.91 Å². The van der Waals surface area contributed by atoms with Crippen LogP contribution in [-0.2, 0) is 9.53 Å². The summed E-state index contributed by atoms with van der Waals surface area (Å²) in [5, 5.41) is 2.24. The number of alkyl halides is 3. The molecule has 0 unspecified atom stereocenters. The molecule has 0 fully saturated rings. The van der Waals surface area contributed by atoms with Gasteiger partial charge < -0.3 is 4.74 Å². The van der Waals surface area contributed by atoms with E-state index in [0.717, 1.165) is 30.4 Å². The number of rotatable bonds is 4. The van der Waals surface area contributed by atoms with E-state index in [1.54, 1.807) is 0 Å². The Morgan fingerprint density at radius 2 is 2.00 bits per heavy atom. The van der Waals surface area contributed by atoms with Crippen molar-refractivity contribution in [2.75, 3.05) is 11.9 Å². The molecule has 0 saturated heterocycles. The van der Waals surface area contributed by atoms with Crippen molar-refractivity contribution in [1.82, 2.24) is 4.98 Å². The van der Waals surface area contributed by atoms with Gasteiger partial charge in [0.15, 0.2) is 16.8 Å². The number of benzene rings is 1. The highest BCUT2D eigenvalue weighted by molar-refractivity contribution is 7.22. The molecule has 120 valence electrons. The lowest BCUT2D eigenvalue weighted by molar-refractivity contribution is -0.184. The molecule has 0 spiro atoms. The molecule has 0 aliphatic rings. The standard InChI is InChI=1S/C12H9F5N2O2S/c1-5(21-4-12(15,16)17)10(20)19-11-18-8-2-6(13)7(14)3-9(8)22-11/h2-3,5H,4H2,1H3,(H,18,19,20)/t5-/m1/s1. The molecule has 0 aliphatic carbocycles. The first-order valence-corrected chi connectivity index (χ1v) is 6.72. The number of hydrogen-bond donors (Lipinski definition) is 1. The summed E-state index contributed by atoms with van der Waals surface area (Å²) in [6.07, 6.45) is -5.90. The Balaban J connectivity index is 2.05. The average Bonchev–Trinajstić information content (AvgIpc) is 2.76. The van der Waals surface area contributed by atoms with Crippen LogP contribution >= 0.6 is 11.3 Å². The molecule has 1 heterocycles. The van der Waals surface area contributed by atoms with Gasteiger partial charge in [-0.25, -0.2) is 13.8 Å². The maximum atomic E-state index is 13.1. The number of nitrogens with one attached hydrogen (secondary N) is 1. The number of fused-ring (bicyclic) bond motifs is 1. The molecule has 10 heteroatoms. The van der Waals surface area contributed by atoms with Crippen LogP contribution in [0.25, 0.3) is 10.2 Å². The number of carbonyl (C=O) groups is 1. The predicted octanol–water partition coefficient (Wildman–Crippen LogP) is 3.48. The van der Waals surface area contributed by atoms with Crippen LogP contribution in [0, 0.1) is 11.6 Å². The summed E-state index contributed by atoms with van der Waals surface area (Å²) in [6, 6.07) is 1.78. The van der Waals surface area contributed by atoms with Crippen molar-refractivity contribution in [3.05, 3.63) is 23.8 Å². The molecule has 22 heavy (non-hydrogen) atoms. The third-order valence-corrected chi connectivity index (χ3v) is 3.46. The largest absolute Gasteiger partial charge is 0.411 e. The quantitative estimate of drug-likeness (QED) is 0.867. The summed E-state index contributed by atoms with van der Waals surface area (Å²) in [5.41, 5.74) is 0.128. The van der Waals surface area contributed by atoms with Crippen molar-refractivity contribution in [3.8, 4) is 0 Å². The molecule has 1 amide bonds. The van der Waals surface area contributed by atoms with Crippen LogP contribution < -0.4 is 5.32 Å². The fourth-order valence-corrected chi connectivity index (χ4v) is 2.35. The Labute approximate surface area is 124 Å². The second-order valence-electron chi connectivity index (χ2n) is 4.31. The average molecular weight is 340 g/mol. The van der Waals surface area contributed by atoms with Crippen LogP contribution in [0.3, 0.4) is 0 Å². The van der Waals surface area contributed by atoms with Gasteiger partial charge in [-0.15, -0.1) is 0 Å². The van der Waals surface area contributed by atoms with Gasteiger partial charge in [-0.3, -0.25) is 10.1 Å². The Morgan fingerprint density at radius 1 is 1.36 bits per heavy atom. The van der Waals surface area contributed by atoms with Gasteiger partial charge in [-0.2, -0.15) is 13.2 Å². The third kappa shape index (κ3) is 4.10. The van der Waals surface area contributed by atoms with Gasteiger partial charge in [0.2, 0.25) is 0 Å². The van der Waals surface area contributed by atoms with E-state index in [1.165, 1.54) is 0 Å². The van der Waals surface area contributed by atoms with Crippen LogP contribution in [0.15, 0.2) is 12.1 Å². The Hall–Kier alpha value is -1.81. The summed E-state index contributed by atoms with van der Waals surface area (Å²) in [5.74, 6) is -2.99. The van der Waals surface area contributed by atoms with Gasteiger partial charge in [0.1, 0.15) is 12.7 Å². The Kier molecular flexibility index (Phi) is 4.61. The highest BCUT2D eigenvalue weighted by atomic mass is 32.1. The van der Waals surface area contributed by atoms with Gasteiger partial charge in [-0.1, -0.05) is 11.3 Å². The first-order chi connectivity index (χ1) is 10.2. The van der Waals surface area contributed by atoms with Crippen LogP contribution in [-0.4, -0.2) is 29.8 Å². The number of aromatic nitrogens is 1. The summed E-state index contributed by atoms with van der Waals surface area (Å²) in [7, 11) is 0. The van der Waals surface area contributed by atoms with E-state index >= 15 is 0 Å². The Bertz CT molecular complexity index is 662. The SMILES string of the molecule is C[C@@H](OCC(F)(F)F)C(=O)Nc1nc2cc(F)c(F)cc2s1. The zero-order chi connectivity index (χ0) is 16.5. The van der Waals surface area contributed by atoms with Gasteiger partial charge in [0.05, 0.1) is 10.2 Å². The molecule has 1 atom stereocenters. The molecule has 0 saturated carbocycles. The Morgan fingerprint density at radius 3 is 2.64 bits per heavy atom. The zero-order valence-electron chi connectivity index (χ0n) is 11.0. The molecule has 2 aromatic rings. The molecule has 1 aromatic heterocycles. The normalized spacial score (nSPS) is 13.4. The monoisotopic (exact) mass is 340 g/mol. The first kappa shape index (κ1) is 16.6. The van der Waals surface area contributed by atoms with Gasteiger partial charge in [-0.05, 0) is 13.0 Å². The number of anilines is 1. The minimum atomic E-state index is -4.54. The van der Waals surface area contributed by atoms with Crippen molar-refractivity contribution < 1.29 is 31.5 Å². The second-order valence-corrected chi connectivity index (χ2v) is 5.34. The maximum Gasteiger partial charge on any atom is 0.411 e. The van der Waals surface area contributed by atoms with Crippen molar-refractivity contribution >= 4 is 32.6 Å². The number of nitrogens with zero attached hydrogens (tertiary/aromatic N) is 1. The van der Waals surface area contributed by atoms with Crippen molar-refractivity contribution in [2.24, 2.45) is 0 Å². The lowest BCUT2D eigenvalue weighted by atomic mass is 10.3. The van der Waals surface area contributed by atoms with Crippen LogP contribution in [0.5, 0.6) is 0 Å². The maximum absolute atomic E-state index is 13.1. The van der Waals surface area contributed by atoms with E-state index in [1.807, 2.05) is 0 Å². The van der Waals surface area contributed by atoms with Gasteiger partial charge >= 0.3 is 6.18 Å². The first-order valence-electron chi connectivity index (χ1n) is 5.90. The highest BCUT2D eigenvalue weighted by Crippen LogP contribution is 2.28. The second kappa shape index (κ2) is 6.13. The molecule has 0 bridgehead atoms. The fourth-order valence-electron chi connectivity index (χ4n) is 1.48. The van der Waals surface area contributed by atoms with Crippen molar-refractivity contribution in [3.63, 3.8) is 0 Å². The summed E-state index contributed by atoms with van der Waals surface area (Å²) in [4.78, 5) is 15.5. The molecular weight excluding hydrogens is 331 g/mol. The minimum Gasteiger partial charge on any atom is -0.359 e. The number of ether oxygens (including phenoxy) is 1. The third-order valence-electron chi connectivity index (χ3n) is 2.53. The molecule has 4 nitrogen and oxygen atoms in total. The lowest BCUT2D eigenvalue weighted by Gasteiger charge is -2.13. The fraction of sp³-hybridized carbons (Fsp3) is 0.333. The van der Waals surface area contributed by atoms with E-state index in [0.29, 0.717) is 0 Å². The number of halogens is 5. The minimum absolute atomic E-state index is 0.00691. The highest BCUT2D eigenvalue weighted by Gasteiger charge is 2.30. The number of carbonyl (C=O) groups excluding carboxylic acids is 1. The van der Waals surface area contributed by atoms with Crippen LogP contribution in [0.4, 0.5) is 27.1 Å². The molecule has 2 rings (SSSR count). The van der Waals surface area contributed by atoms with Crippen molar-refractivity contribution in [1.29, 1.82) is 0 Å². The van der Waals surface area contributed by atoms with Gasteiger partial charge in [0, 0.05) is 6.07 Å². The molecular formula is C12H9F5N2O2S.